The molecule has 1 aliphatic rings. The Morgan fingerprint density at radius 3 is 2.93 bits per heavy atom. The third kappa shape index (κ3) is 2.49. The first-order valence-corrected chi connectivity index (χ1v) is 5.27. The van der Waals surface area contributed by atoms with Gasteiger partial charge >= 0.3 is 0 Å². The molecule has 0 bridgehead atoms. The van der Waals surface area contributed by atoms with E-state index in [4.69, 9.17) is 9.47 Å². The molecule has 0 amide bonds. The summed E-state index contributed by atoms with van der Waals surface area (Å²) in [4.78, 5) is 0. The molecule has 82 valence electrons. The Kier molecular flexibility index (Phi) is 3.23. The van der Waals surface area contributed by atoms with Gasteiger partial charge in [0, 0.05) is 13.1 Å². The second kappa shape index (κ2) is 4.64. The Bertz CT molecular complexity index is 332. The number of aryl methyl sites for hydroxylation is 1. The van der Waals surface area contributed by atoms with Crippen LogP contribution in [0.2, 0.25) is 0 Å². The van der Waals surface area contributed by atoms with Crippen molar-refractivity contribution in [1.29, 1.82) is 0 Å². The van der Waals surface area contributed by atoms with Gasteiger partial charge in [-0.15, -0.1) is 0 Å². The number of ether oxygens (including phenoxy) is 2. The van der Waals surface area contributed by atoms with Crippen molar-refractivity contribution in [2.24, 2.45) is 0 Å². The van der Waals surface area contributed by atoms with Crippen LogP contribution in [0, 0.1) is 6.92 Å². The lowest BCUT2D eigenvalue weighted by atomic mass is 10.1. The molecule has 1 aromatic rings. The molecule has 0 saturated carbocycles. The van der Waals surface area contributed by atoms with Crippen LogP contribution in [0.4, 0.5) is 0 Å². The maximum Gasteiger partial charge on any atom is 0.119 e. The highest BCUT2D eigenvalue weighted by atomic mass is 16.5. The van der Waals surface area contributed by atoms with Gasteiger partial charge in [-0.1, -0.05) is 6.07 Å². The molecule has 0 aromatic heterocycles. The zero-order chi connectivity index (χ0) is 10.7. The minimum atomic E-state index is 0.160. The van der Waals surface area contributed by atoms with Gasteiger partial charge in [-0.2, -0.15) is 0 Å². The van der Waals surface area contributed by atoms with Gasteiger partial charge in [0.2, 0.25) is 0 Å². The van der Waals surface area contributed by atoms with Crippen LogP contribution in [0.15, 0.2) is 18.2 Å². The zero-order valence-electron chi connectivity index (χ0n) is 9.25. The summed E-state index contributed by atoms with van der Waals surface area (Å²) in [5.74, 6) is 0.902. The largest absolute Gasteiger partial charge is 0.497 e. The molecule has 0 radical (unpaired) electrons. The first-order chi connectivity index (χ1) is 7.29. The molecule has 1 N–H and O–H groups in total. The van der Waals surface area contributed by atoms with Crippen molar-refractivity contribution in [3.8, 4) is 5.75 Å². The Hall–Kier alpha value is -1.06. The predicted molar refractivity (Wildman–Crippen MR) is 59.3 cm³/mol. The fourth-order valence-corrected chi connectivity index (χ4v) is 1.86. The van der Waals surface area contributed by atoms with Crippen molar-refractivity contribution in [3.05, 3.63) is 29.3 Å². The molecule has 15 heavy (non-hydrogen) atoms. The van der Waals surface area contributed by atoms with E-state index in [1.807, 2.05) is 12.1 Å². The fraction of sp³-hybridized carbons (Fsp3) is 0.500. The summed E-state index contributed by atoms with van der Waals surface area (Å²) in [5.41, 5.74) is 2.40. The molecule has 1 unspecified atom stereocenters. The number of benzene rings is 1. The quantitative estimate of drug-likeness (QED) is 0.800. The SMILES string of the molecule is COc1cc(C)cc(C2CNCCO2)c1. The van der Waals surface area contributed by atoms with Crippen molar-refractivity contribution in [2.75, 3.05) is 26.8 Å². The molecule has 0 spiro atoms. The van der Waals surface area contributed by atoms with Gasteiger partial charge in [0.15, 0.2) is 0 Å². The van der Waals surface area contributed by atoms with Crippen LogP contribution in [-0.4, -0.2) is 26.8 Å². The van der Waals surface area contributed by atoms with E-state index in [0.29, 0.717) is 0 Å². The van der Waals surface area contributed by atoms with Crippen molar-refractivity contribution >= 4 is 0 Å². The van der Waals surface area contributed by atoms with Crippen LogP contribution in [0.1, 0.15) is 17.2 Å². The van der Waals surface area contributed by atoms with E-state index in [1.165, 1.54) is 11.1 Å². The van der Waals surface area contributed by atoms with Gasteiger partial charge in [-0.05, 0) is 30.2 Å². The maximum atomic E-state index is 5.70. The molecule has 1 heterocycles. The fourth-order valence-electron chi connectivity index (χ4n) is 1.86. The molecule has 1 aromatic carbocycles. The molecule has 0 aliphatic carbocycles. The highest BCUT2D eigenvalue weighted by Gasteiger charge is 2.16. The van der Waals surface area contributed by atoms with Gasteiger partial charge in [-0.25, -0.2) is 0 Å². The molecular formula is C12H17NO2. The van der Waals surface area contributed by atoms with Crippen molar-refractivity contribution in [1.82, 2.24) is 5.32 Å². The molecule has 1 atom stereocenters. The first-order valence-electron chi connectivity index (χ1n) is 5.27. The van der Waals surface area contributed by atoms with Gasteiger partial charge in [0.25, 0.3) is 0 Å². The number of nitrogens with one attached hydrogen (secondary N) is 1. The molecule has 1 saturated heterocycles. The van der Waals surface area contributed by atoms with Crippen LogP contribution in [-0.2, 0) is 4.74 Å². The summed E-state index contributed by atoms with van der Waals surface area (Å²) in [6.45, 7) is 4.68. The third-order valence-electron chi connectivity index (χ3n) is 2.61. The van der Waals surface area contributed by atoms with Crippen LogP contribution in [0.25, 0.3) is 0 Å². The molecule has 1 fully saturated rings. The predicted octanol–water partition coefficient (Wildman–Crippen LogP) is 1.66. The number of morpholine rings is 1. The molecule has 3 nitrogen and oxygen atoms in total. The van der Waals surface area contributed by atoms with E-state index in [2.05, 4.69) is 18.3 Å². The summed E-state index contributed by atoms with van der Waals surface area (Å²) in [5, 5.41) is 3.32. The monoisotopic (exact) mass is 207 g/mol. The second-order valence-corrected chi connectivity index (χ2v) is 3.85. The van der Waals surface area contributed by atoms with Crippen LogP contribution >= 0.6 is 0 Å². The van der Waals surface area contributed by atoms with Gasteiger partial charge in [0.05, 0.1) is 19.8 Å². The van der Waals surface area contributed by atoms with E-state index in [9.17, 15) is 0 Å². The lowest BCUT2D eigenvalue weighted by molar-refractivity contribution is 0.0275. The topological polar surface area (TPSA) is 30.5 Å². The summed E-state index contributed by atoms with van der Waals surface area (Å²) >= 11 is 0. The third-order valence-corrected chi connectivity index (χ3v) is 2.61. The zero-order valence-corrected chi connectivity index (χ0v) is 9.25. The summed E-state index contributed by atoms with van der Waals surface area (Å²) in [6.07, 6.45) is 0.160. The highest BCUT2D eigenvalue weighted by molar-refractivity contribution is 5.35. The van der Waals surface area contributed by atoms with E-state index in [1.54, 1.807) is 7.11 Å². The van der Waals surface area contributed by atoms with Crippen LogP contribution < -0.4 is 10.1 Å². The van der Waals surface area contributed by atoms with E-state index in [-0.39, 0.29) is 6.10 Å². The van der Waals surface area contributed by atoms with Crippen molar-refractivity contribution in [2.45, 2.75) is 13.0 Å². The lowest BCUT2D eigenvalue weighted by Gasteiger charge is -2.24. The average molecular weight is 207 g/mol. The van der Waals surface area contributed by atoms with Crippen molar-refractivity contribution in [3.63, 3.8) is 0 Å². The summed E-state index contributed by atoms with van der Waals surface area (Å²) in [6, 6.07) is 6.23. The maximum absolute atomic E-state index is 5.70. The number of hydrogen-bond acceptors (Lipinski definition) is 3. The normalized spacial score (nSPS) is 21.3. The number of rotatable bonds is 2. The highest BCUT2D eigenvalue weighted by Crippen LogP contribution is 2.24. The van der Waals surface area contributed by atoms with Gasteiger partial charge in [0.1, 0.15) is 5.75 Å². The van der Waals surface area contributed by atoms with E-state index >= 15 is 0 Å². The van der Waals surface area contributed by atoms with Gasteiger partial charge < -0.3 is 14.8 Å². The Morgan fingerprint density at radius 2 is 2.27 bits per heavy atom. The van der Waals surface area contributed by atoms with Crippen LogP contribution in [0.5, 0.6) is 5.75 Å². The standard InChI is InChI=1S/C12H17NO2/c1-9-5-10(7-11(6-9)14-2)12-8-13-3-4-15-12/h5-7,12-13H,3-4,8H2,1-2H3. The smallest absolute Gasteiger partial charge is 0.119 e. The van der Waals surface area contributed by atoms with E-state index in [0.717, 1.165) is 25.4 Å². The van der Waals surface area contributed by atoms with Gasteiger partial charge in [-0.3, -0.25) is 0 Å². The Balaban J connectivity index is 2.22. The lowest BCUT2D eigenvalue weighted by Crippen LogP contribution is -2.33. The minimum Gasteiger partial charge on any atom is -0.497 e. The number of methoxy groups -OCH3 is 1. The first kappa shape index (κ1) is 10.5. The molecule has 2 rings (SSSR count). The van der Waals surface area contributed by atoms with E-state index < -0.39 is 0 Å². The molecular weight excluding hydrogens is 190 g/mol. The average Bonchev–Trinajstić information content (AvgIpc) is 2.29. The molecule has 1 aliphatic heterocycles. The summed E-state index contributed by atoms with van der Waals surface area (Å²) < 4.78 is 11.0. The number of hydrogen-bond donors (Lipinski definition) is 1. The molecule has 3 heteroatoms. The van der Waals surface area contributed by atoms with Crippen molar-refractivity contribution < 1.29 is 9.47 Å². The summed E-state index contributed by atoms with van der Waals surface area (Å²) in [7, 11) is 1.69. The minimum absolute atomic E-state index is 0.160. The Morgan fingerprint density at radius 1 is 1.40 bits per heavy atom. The van der Waals surface area contributed by atoms with Crippen LogP contribution in [0.3, 0.4) is 0 Å². The Labute approximate surface area is 90.4 Å². The second-order valence-electron chi connectivity index (χ2n) is 3.85.